The second kappa shape index (κ2) is 10.5. The topological polar surface area (TPSA) is 54.9 Å². The summed E-state index contributed by atoms with van der Waals surface area (Å²) in [4.78, 5) is 4.11. The molecule has 0 aromatic heterocycles. The number of nitrogens with one attached hydrogen (secondary N) is 2. The molecule has 0 fully saturated rings. The SMILES string of the molecule is CN=C(NCc1cc(F)ccc1F)NCc1ccc(C)cc1OCCOC. The summed E-state index contributed by atoms with van der Waals surface area (Å²) in [6.45, 7) is 3.54. The van der Waals surface area contributed by atoms with Gasteiger partial charge >= 0.3 is 0 Å². The summed E-state index contributed by atoms with van der Waals surface area (Å²) >= 11 is 0. The third-order valence-corrected chi connectivity index (χ3v) is 3.89. The van der Waals surface area contributed by atoms with E-state index in [0.717, 1.165) is 35.1 Å². The lowest BCUT2D eigenvalue weighted by Gasteiger charge is -2.15. The molecule has 0 atom stereocenters. The van der Waals surface area contributed by atoms with Crippen molar-refractivity contribution in [1.82, 2.24) is 10.6 Å². The summed E-state index contributed by atoms with van der Waals surface area (Å²) < 4.78 is 37.8. The van der Waals surface area contributed by atoms with Gasteiger partial charge < -0.3 is 20.1 Å². The van der Waals surface area contributed by atoms with Gasteiger partial charge in [-0.25, -0.2) is 8.78 Å². The Balaban J connectivity index is 1.96. The van der Waals surface area contributed by atoms with Crippen LogP contribution in [0.1, 0.15) is 16.7 Å². The van der Waals surface area contributed by atoms with Gasteiger partial charge in [0.25, 0.3) is 0 Å². The number of methoxy groups -OCH3 is 1. The molecule has 2 rings (SSSR count). The molecule has 7 heteroatoms. The van der Waals surface area contributed by atoms with Crippen molar-refractivity contribution in [2.45, 2.75) is 20.0 Å². The molecule has 0 spiro atoms. The molecule has 0 heterocycles. The third kappa shape index (κ3) is 6.53. The lowest BCUT2D eigenvalue weighted by atomic mass is 10.1. The second-order valence-corrected chi connectivity index (χ2v) is 5.97. The molecule has 0 aliphatic heterocycles. The summed E-state index contributed by atoms with van der Waals surface area (Å²) in [7, 11) is 3.24. The normalized spacial score (nSPS) is 11.4. The second-order valence-electron chi connectivity index (χ2n) is 5.97. The Morgan fingerprint density at radius 3 is 2.44 bits per heavy atom. The predicted molar refractivity (Wildman–Crippen MR) is 102 cm³/mol. The molecule has 27 heavy (non-hydrogen) atoms. The molecule has 0 saturated heterocycles. The van der Waals surface area contributed by atoms with Crippen LogP contribution in [0.5, 0.6) is 5.75 Å². The van der Waals surface area contributed by atoms with E-state index < -0.39 is 11.6 Å². The number of benzene rings is 2. The number of aliphatic imine (C=N–C) groups is 1. The minimum atomic E-state index is -0.478. The molecule has 0 aliphatic carbocycles. The van der Waals surface area contributed by atoms with Crippen LogP contribution in [0.2, 0.25) is 0 Å². The maximum atomic E-state index is 13.7. The molecule has 2 aromatic carbocycles. The summed E-state index contributed by atoms with van der Waals surface area (Å²) in [6, 6.07) is 9.30. The van der Waals surface area contributed by atoms with Gasteiger partial charge in [-0.2, -0.15) is 0 Å². The van der Waals surface area contributed by atoms with Crippen molar-refractivity contribution >= 4 is 5.96 Å². The van der Waals surface area contributed by atoms with Gasteiger partial charge in [-0.1, -0.05) is 12.1 Å². The molecular weight excluding hydrogens is 352 g/mol. The fourth-order valence-corrected chi connectivity index (χ4v) is 2.43. The van der Waals surface area contributed by atoms with Crippen LogP contribution in [-0.2, 0) is 17.8 Å². The van der Waals surface area contributed by atoms with Gasteiger partial charge in [0.15, 0.2) is 5.96 Å². The minimum Gasteiger partial charge on any atom is -0.491 e. The van der Waals surface area contributed by atoms with Crippen LogP contribution in [0.15, 0.2) is 41.4 Å². The van der Waals surface area contributed by atoms with E-state index in [0.29, 0.717) is 25.7 Å². The largest absolute Gasteiger partial charge is 0.491 e. The van der Waals surface area contributed by atoms with Crippen molar-refractivity contribution in [3.8, 4) is 5.75 Å². The molecule has 2 N–H and O–H groups in total. The van der Waals surface area contributed by atoms with Crippen LogP contribution in [0, 0.1) is 18.6 Å². The summed E-state index contributed by atoms with van der Waals surface area (Å²) in [5, 5.41) is 6.13. The van der Waals surface area contributed by atoms with E-state index >= 15 is 0 Å². The van der Waals surface area contributed by atoms with Gasteiger partial charge in [-0.05, 0) is 36.8 Å². The van der Waals surface area contributed by atoms with E-state index in [1.54, 1.807) is 14.2 Å². The third-order valence-electron chi connectivity index (χ3n) is 3.89. The first kappa shape index (κ1) is 20.6. The van der Waals surface area contributed by atoms with E-state index in [1.807, 2.05) is 25.1 Å². The summed E-state index contributed by atoms with van der Waals surface area (Å²) in [5.41, 5.74) is 2.28. The quantitative estimate of drug-likeness (QED) is 0.422. The van der Waals surface area contributed by atoms with E-state index in [-0.39, 0.29) is 12.1 Å². The smallest absolute Gasteiger partial charge is 0.191 e. The number of ether oxygens (including phenoxy) is 2. The Bertz CT molecular complexity index is 782. The lowest BCUT2D eigenvalue weighted by molar-refractivity contribution is 0.145. The van der Waals surface area contributed by atoms with Gasteiger partial charge in [-0.3, -0.25) is 4.99 Å². The van der Waals surface area contributed by atoms with Crippen molar-refractivity contribution in [3.63, 3.8) is 0 Å². The molecule has 0 aliphatic rings. The Hall–Kier alpha value is -2.67. The van der Waals surface area contributed by atoms with Gasteiger partial charge in [0.2, 0.25) is 0 Å². The number of nitrogens with zero attached hydrogens (tertiary/aromatic N) is 1. The fourth-order valence-electron chi connectivity index (χ4n) is 2.43. The first-order valence-electron chi connectivity index (χ1n) is 8.63. The predicted octanol–water partition coefficient (Wildman–Crippen LogP) is 3.16. The monoisotopic (exact) mass is 377 g/mol. The zero-order chi connectivity index (χ0) is 19.6. The molecule has 146 valence electrons. The molecule has 2 aromatic rings. The van der Waals surface area contributed by atoms with Gasteiger partial charge in [0.1, 0.15) is 24.0 Å². The summed E-state index contributed by atoms with van der Waals surface area (Å²) in [6.07, 6.45) is 0. The lowest BCUT2D eigenvalue weighted by Crippen LogP contribution is -2.36. The average Bonchev–Trinajstić information content (AvgIpc) is 2.66. The zero-order valence-corrected chi connectivity index (χ0v) is 15.8. The van der Waals surface area contributed by atoms with Crippen molar-refractivity contribution in [3.05, 3.63) is 64.7 Å². The first-order valence-corrected chi connectivity index (χ1v) is 8.63. The highest BCUT2D eigenvalue weighted by atomic mass is 19.1. The van der Waals surface area contributed by atoms with Gasteiger partial charge in [0.05, 0.1) is 6.61 Å². The average molecular weight is 377 g/mol. The number of rotatable bonds is 8. The van der Waals surface area contributed by atoms with Crippen LogP contribution in [0.25, 0.3) is 0 Å². The molecule has 0 unspecified atom stereocenters. The Morgan fingerprint density at radius 1 is 1.00 bits per heavy atom. The van der Waals surface area contributed by atoms with Crippen LogP contribution in [0.4, 0.5) is 8.78 Å². The molecular formula is C20H25F2N3O2. The molecule has 0 radical (unpaired) electrons. The van der Waals surface area contributed by atoms with Crippen LogP contribution in [-0.4, -0.2) is 33.3 Å². The van der Waals surface area contributed by atoms with E-state index in [1.165, 1.54) is 0 Å². The number of hydrogen-bond acceptors (Lipinski definition) is 3. The van der Waals surface area contributed by atoms with E-state index in [4.69, 9.17) is 9.47 Å². The maximum Gasteiger partial charge on any atom is 0.191 e. The standard InChI is InChI=1S/C20H25F2N3O2/c1-14-4-5-15(19(10-14)27-9-8-26-3)12-24-20(23-2)25-13-16-11-17(21)6-7-18(16)22/h4-7,10-11H,8-9,12-13H2,1-3H3,(H2,23,24,25). The van der Waals surface area contributed by atoms with Crippen LogP contribution < -0.4 is 15.4 Å². The van der Waals surface area contributed by atoms with Crippen LogP contribution >= 0.6 is 0 Å². The highest BCUT2D eigenvalue weighted by molar-refractivity contribution is 5.79. The van der Waals surface area contributed by atoms with E-state index in [2.05, 4.69) is 15.6 Å². The zero-order valence-electron chi connectivity index (χ0n) is 15.8. The highest BCUT2D eigenvalue weighted by Crippen LogP contribution is 2.20. The maximum absolute atomic E-state index is 13.7. The van der Waals surface area contributed by atoms with Crippen molar-refractivity contribution < 1.29 is 18.3 Å². The number of halogens is 2. The minimum absolute atomic E-state index is 0.119. The van der Waals surface area contributed by atoms with E-state index in [9.17, 15) is 8.78 Å². The number of aryl methyl sites for hydroxylation is 1. The van der Waals surface area contributed by atoms with Crippen LogP contribution in [0.3, 0.4) is 0 Å². The van der Waals surface area contributed by atoms with Crippen molar-refractivity contribution in [2.75, 3.05) is 27.4 Å². The molecule has 0 bridgehead atoms. The van der Waals surface area contributed by atoms with Gasteiger partial charge in [0, 0.05) is 38.4 Å². The fraction of sp³-hybridized carbons (Fsp3) is 0.350. The Morgan fingerprint density at radius 2 is 1.74 bits per heavy atom. The first-order chi connectivity index (χ1) is 13.0. The highest BCUT2D eigenvalue weighted by Gasteiger charge is 2.08. The molecule has 5 nitrogen and oxygen atoms in total. The molecule has 0 saturated carbocycles. The Kier molecular flexibility index (Phi) is 8.00. The van der Waals surface area contributed by atoms with Gasteiger partial charge in [-0.15, -0.1) is 0 Å². The number of hydrogen-bond donors (Lipinski definition) is 2. The van der Waals surface area contributed by atoms with Crippen molar-refractivity contribution in [2.24, 2.45) is 4.99 Å². The number of guanidine groups is 1. The summed E-state index contributed by atoms with van der Waals surface area (Å²) in [5.74, 6) is 0.300. The molecule has 0 amide bonds. The Labute approximate surface area is 158 Å². The van der Waals surface area contributed by atoms with Crippen molar-refractivity contribution in [1.29, 1.82) is 0 Å².